The lowest BCUT2D eigenvalue weighted by molar-refractivity contribution is -0.143. The van der Waals surface area contributed by atoms with Gasteiger partial charge in [-0.15, -0.1) is 0 Å². The highest BCUT2D eigenvalue weighted by molar-refractivity contribution is 5.77. The molecule has 0 aliphatic heterocycles. The summed E-state index contributed by atoms with van der Waals surface area (Å²) in [6.45, 7) is 2.88. The van der Waals surface area contributed by atoms with Crippen LogP contribution in [0.15, 0.2) is 24.3 Å². The zero-order valence-electron chi connectivity index (χ0n) is 10.4. The molecule has 1 aromatic rings. The summed E-state index contributed by atoms with van der Waals surface area (Å²) in [6, 6.07) is 8.20. The molecule has 1 aromatic carbocycles. The minimum atomic E-state index is -0.629. The fourth-order valence-corrected chi connectivity index (χ4v) is 2.22. The van der Waals surface area contributed by atoms with Crippen molar-refractivity contribution < 1.29 is 9.90 Å². The molecule has 1 fully saturated rings. The number of aryl methyl sites for hydroxylation is 1. The summed E-state index contributed by atoms with van der Waals surface area (Å²) >= 11 is 0. The number of para-hydroxylation sites is 1. The Bertz CT molecular complexity index is 424. The summed E-state index contributed by atoms with van der Waals surface area (Å²) in [5, 5.41) is 9.12. The predicted octanol–water partition coefficient (Wildman–Crippen LogP) is 2.69. The van der Waals surface area contributed by atoms with Crippen LogP contribution in [0, 0.1) is 12.3 Å². The van der Waals surface area contributed by atoms with Crippen LogP contribution in [0.1, 0.15) is 24.8 Å². The van der Waals surface area contributed by atoms with Gasteiger partial charge in [0.2, 0.25) is 0 Å². The topological polar surface area (TPSA) is 40.5 Å². The van der Waals surface area contributed by atoms with Crippen LogP contribution in [-0.2, 0) is 4.79 Å². The van der Waals surface area contributed by atoms with Crippen molar-refractivity contribution in [3.05, 3.63) is 29.8 Å². The second kappa shape index (κ2) is 4.40. The van der Waals surface area contributed by atoms with Gasteiger partial charge in [-0.2, -0.15) is 0 Å². The Morgan fingerprint density at radius 3 is 2.59 bits per heavy atom. The van der Waals surface area contributed by atoms with Crippen molar-refractivity contribution in [2.75, 3.05) is 18.5 Å². The first kappa shape index (κ1) is 12.0. The van der Waals surface area contributed by atoms with E-state index in [2.05, 4.69) is 24.0 Å². The average Bonchev–Trinajstić information content (AvgIpc) is 3.07. The van der Waals surface area contributed by atoms with Gasteiger partial charge in [0.15, 0.2) is 0 Å². The van der Waals surface area contributed by atoms with E-state index in [0.29, 0.717) is 0 Å². The molecule has 0 radical (unpaired) electrons. The Morgan fingerprint density at radius 2 is 2.06 bits per heavy atom. The molecule has 0 atom stereocenters. The first-order valence-electron chi connectivity index (χ1n) is 6.05. The number of carboxylic acid groups (broad SMARTS) is 1. The molecule has 92 valence electrons. The molecule has 1 saturated carbocycles. The smallest absolute Gasteiger partial charge is 0.309 e. The molecule has 1 aliphatic rings. The fraction of sp³-hybridized carbons (Fsp3) is 0.500. The van der Waals surface area contributed by atoms with Gasteiger partial charge >= 0.3 is 5.97 Å². The number of aliphatic carboxylic acids is 1. The average molecular weight is 233 g/mol. The maximum absolute atomic E-state index is 11.1. The van der Waals surface area contributed by atoms with E-state index in [1.54, 1.807) is 0 Å². The minimum Gasteiger partial charge on any atom is -0.481 e. The van der Waals surface area contributed by atoms with Crippen molar-refractivity contribution in [3.8, 4) is 0 Å². The molecule has 0 unspecified atom stereocenters. The van der Waals surface area contributed by atoms with Crippen LogP contribution < -0.4 is 4.90 Å². The first-order valence-corrected chi connectivity index (χ1v) is 6.05. The van der Waals surface area contributed by atoms with Gasteiger partial charge in [0.1, 0.15) is 0 Å². The van der Waals surface area contributed by atoms with Crippen molar-refractivity contribution in [2.45, 2.75) is 26.2 Å². The molecule has 1 aliphatic carbocycles. The Hall–Kier alpha value is -1.51. The molecule has 0 aromatic heterocycles. The minimum absolute atomic E-state index is 0.420. The molecule has 0 amide bonds. The second-order valence-electron chi connectivity index (χ2n) is 5.04. The quantitative estimate of drug-likeness (QED) is 0.850. The number of hydrogen-bond acceptors (Lipinski definition) is 2. The Morgan fingerprint density at radius 1 is 1.41 bits per heavy atom. The molecule has 2 rings (SSSR count). The van der Waals surface area contributed by atoms with Crippen LogP contribution in [0.4, 0.5) is 5.69 Å². The van der Waals surface area contributed by atoms with Gasteiger partial charge in [-0.25, -0.2) is 0 Å². The van der Waals surface area contributed by atoms with Gasteiger partial charge in [0.05, 0.1) is 5.41 Å². The van der Waals surface area contributed by atoms with Crippen molar-refractivity contribution >= 4 is 11.7 Å². The molecule has 1 N–H and O–H groups in total. The summed E-state index contributed by atoms with van der Waals surface area (Å²) in [5.41, 5.74) is 2.00. The predicted molar refractivity (Wildman–Crippen MR) is 68.4 cm³/mol. The van der Waals surface area contributed by atoms with Gasteiger partial charge in [-0.1, -0.05) is 18.2 Å². The van der Waals surface area contributed by atoms with Gasteiger partial charge < -0.3 is 10.0 Å². The molecule has 3 heteroatoms. The monoisotopic (exact) mass is 233 g/mol. The molecule has 0 bridgehead atoms. The van der Waals surface area contributed by atoms with Gasteiger partial charge in [-0.05, 0) is 37.8 Å². The van der Waals surface area contributed by atoms with E-state index in [1.165, 1.54) is 11.3 Å². The zero-order valence-corrected chi connectivity index (χ0v) is 10.4. The number of carbonyl (C=O) groups is 1. The van der Waals surface area contributed by atoms with Crippen molar-refractivity contribution in [1.29, 1.82) is 0 Å². The number of carboxylic acids is 1. The van der Waals surface area contributed by atoms with E-state index < -0.39 is 11.4 Å². The van der Waals surface area contributed by atoms with Crippen molar-refractivity contribution in [3.63, 3.8) is 0 Å². The SMILES string of the molecule is Cc1ccccc1N(C)CCC1(C(=O)O)CC1. The van der Waals surface area contributed by atoms with E-state index in [1.807, 2.05) is 19.2 Å². The lowest BCUT2D eigenvalue weighted by Crippen LogP contribution is -2.25. The number of nitrogens with zero attached hydrogens (tertiary/aromatic N) is 1. The molecule has 17 heavy (non-hydrogen) atoms. The summed E-state index contributed by atoms with van der Waals surface area (Å²) < 4.78 is 0. The lowest BCUT2D eigenvalue weighted by atomic mass is 10.0. The fourth-order valence-electron chi connectivity index (χ4n) is 2.22. The standard InChI is InChI=1S/C14H19NO2/c1-11-5-3-4-6-12(11)15(2)10-9-14(7-8-14)13(16)17/h3-6H,7-10H2,1-2H3,(H,16,17). The Kier molecular flexibility index (Phi) is 3.09. The largest absolute Gasteiger partial charge is 0.481 e. The summed E-state index contributed by atoms with van der Waals surface area (Å²) in [5.74, 6) is -0.629. The van der Waals surface area contributed by atoms with E-state index in [0.717, 1.165) is 25.8 Å². The van der Waals surface area contributed by atoms with E-state index in [-0.39, 0.29) is 0 Å². The van der Waals surface area contributed by atoms with E-state index >= 15 is 0 Å². The third kappa shape index (κ3) is 2.43. The summed E-state index contributed by atoms with van der Waals surface area (Å²) in [7, 11) is 2.03. The maximum atomic E-state index is 11.1. The van der Waals surface area contributed by atoms with Crippen LogP contribution in [0.3, 0.4) is 0 Å². The third-order valence-electron chi connectivity index (χ3n) is 3.76. The second-order valence-corrected chi connectivity index (χ2v) is 5.04. The van der Waals surface area contributed by atoms with E-state index in [9.17, 15) is 4.79 Å². The number of rotatable bonds is 5. The van der Waals surface area contributed by atoms with Crippen LogP contribution in [0.2, 0.25) is 0 Å². The molecule has 0 saturated heterocycles. The number of anilines is 1. The number of benzene rings is 1. The van der Waals surface area contributed by atoms with Gasteiger partial charge in [-0.3, -0.25) is 4.79 Å². The third-order valence-corrected chi connectivity index (χ3v) is 3.76. The normalized spacial score (nSPS) is 16.6. The molecular weight excluding hydrogens is 214 g/mol. The molecule has 3 nitrogen and oxygen atoms in total. The first-order chi connectivity index (χ1) is 8.05. The van der Waals surface area contributed by atoms with Crippen LogP contribution in [-0.4, -0.2) is 24.7 Å². The van der Waals surface area contributed by atoms with Crippen LogP contribution in [0.5, 0.6) is 0 Å². The summed E-state index contributed by atoms with van der Waals surface area (Å²) in [6.07, 6.45) is 2.42. The van der Waals surface area contributed by atoms with Crippen molar-refractivity contribution in [2.24, 2.45) is 5.41 Å². The van der Waals surface area contributed by atoms with E-state index in [4.69, 9.17) is 5.11 Å². The number of hydrogen-bond donors (Lipinski definition) is 1. The zero-order chi connectivity index (χ0) is 12.5. The maximum Gasteiger partial charge on any atom is 0.309 e. The molecule has 0 heterocycles. The Balaban J connectivity index is 1.97. The Labute approximate surface area is 102 Å². The van der Waals surface area contributed by atoms with Gasteiger partial charge in [0, 0.05) is 19.3 Å². The van der Waals surface area contributed by atoms with Crippen LogP contribution >= 0.6 is 0 Å². The highest BCUT2D eigenvalue weighted by atomic mass is 16.4. The molecular formula is C14H19NO2. The molecule has 0 spiro atoms. The lowest BCUT2D eigenvalue weighted by Gasteiger charge is -2.23. The van der Waals surface area contributed by atoms with Crippen molar-refractivity contribution in [1.82, 2.24) is 0 Å². The summed E-state index contributed by atoms with van der Waals surface area (Å²) in [4.78, 5) is 13.2. The highest BCUT2D eigenvalue weighted by Crippen LogP contribution is 2.49. The highest BCUT2D eigenvalue weighted by Gasteiger charge is 2.49. The van der Waals surface area contributed by atoms with Crippen LogP contribution in [0.25, 0.3) is 0 Å². The van der Waals surface area contributed by atoms with Gasteiger partial charge in [0.25, 0.3) is 0 Å².